The molecule has 0 unspecified atom stereocenters. The fourth-order valence-corrected chi connectivity index (χ4v) is 3.77. The van der Waals surface area contributed by atoms with Crippen LogP contribution in [0.3, 0.4) is 0 Å². The SMILES string of the molecule is Fc1cc(-c2cncc(C(F)F)c2)cc2c1ncc1nnc(C3CCOCC3)n12. The Labute approximate surface area is 163 Å². The lowest BCUT2D eigenvalue weighted by molar-refractivity contribution is 0.0834. The van der Waals surface area contributed by atoms with Crippen LogP contribution in [0.5, 0.6) is 0 Å². The smallest absolute Gasteiger partial charge is 0.265 e. The van der Waals surface area contributed by atoms with E-state index in [4.69, 9.17) is 4.74 Å². The van der Waals surface area contributed by atoms with Gasteiger partial charge in [0.15, 0.2) is 11.5 Å². The summed E-state index contributed by atoms with van der Waals surface area (Å²) in [6.45, 7) is 1.27. The van der Waals surface area contributed by atoms with Gasteiger partial charge in [-0.05, 0) is 36.6 Å². The third kappa shape index (κ3) is 3.11. The van der Waals surface area contributed by atoms with E-state index in [9.17, 15) is 13.2 Å². The highest BCUT2D eigenvalue weighted by Crippen LogP contribution is 2.31. The standard InChI is InChI=1S/C20H16F3N5O/c21-15-6-12(13-5-14(19(22)23)9-24-8-13)7-16-18(15)25-10-17-26-27-20(28(16)17)11-1-3-29-4-2-11/h5-11,19H,1-4H2. The highest BCUT2D eigenvalue weighted by Gasteiger charge is 2.23. The maximum absolute atomic E-state index is 14.9. The van der Waals surface area contributed by atoms with E-state index in [1.54, 1.807) is 10.5 Å². The molecule has 9 heteroatoms. The maximum Gasteiger partial charge on any atom is 0.265 e. The Bertz CT molecular complexity index is 1200. The van der Waals surface area contributed by atoms with Crippen molar-refractivity contribution < 1.29 is 17.9 Å². The van der Waals surface area contributed by atoms with Crippen LogP contribution in [-0.4, -0.2) is 37.8 Å². The second-order valence-electron chi connectivity index (χ2n) is 7.03. The predicted octanol–water partition coefficient (Wildman–Crippen LogP) is 4.31. The quantitative estimate of drug-likeness (QED) is 0.514. The molecule has 4 aromatic rings. The topological polar surface area (TPSA) is 65.2 Å². The third-order valence-corrected chi connectivity index (χ3v) is 5.24. The van der Waals surface area contributed by atoms with E-state index >= 15 is 0 Å². The number of hydrogen-bond acceptors (Lipinski definition) is 5. The first kappa shape index (κ1) is 18.0. The molecule has 1 aromatic carbocycles. The van der Waals surface area contributed by atoms with Gasteiger partial charge in [-0.15, -0.1) is 10.2 Å². The van der Waals surface area contributed by atoms with E-state index in [0.29, 0.717) is 35.5 Å². The first-order valence-corrected chi connectivity index (χ1v) is 9.26. The summed E-state index contributed by atoms with van der Waals surface area (Å²) < 4.78 is 48.3. The Balaban J connectivity index is 1.73. The van der Waals surface area contributed by atoms with Crippen LogP contribution in [-0.2, 0) is 4.74 Å². The number of pyridine rings is 1. The van der Waals surface area contributed by atoms with Crippen molar-refractivity contribution in [2.75, 3.05) is 13.2 Å². The normalized spacial score (nSPS) is 15.6. The van der Waals surface area contributed by atoms with E-state index in [2.05, 4.69) is 20.2 Å². The summed E-state index contributed by atoms with van der Waals surface area (Å²) in [5.41, 5.74) is 1.80. The Morgan fingerprint density at radius 3 is 2.62 bits per heavy atom. The summed E-state index contributed by atoms with van der Waals surface area (Å²) in [5, 5.41) is 8.51. The molecule has 1 aliphatic heterocycles. The van der Waals surface area contributed by atoms with Crippen LogP contribution in [0.15, 0.2) is 36.8 Å². The number of alkyl halides is 2. The molecule has 5 rings (SSSR count). The van der Waals surface area contributed by atoms with Crippen molar-refractivity contribution in [1.82, 2.24) is 24.6 Å². The summed E-state index contributed by atoms with van der Waals surface area (Å²) in [7, 11) is 0. The number of ether oxygens (including phenoxy) is 1. The van der Waals surface area contributed by atoms with E-state index < -0.39 is 12.2 Å². The van der Waals surface area contributed by atoms with Gasteiger partial charge in [0.25, 0.3) is 6.43 Å². The van der Waals surface area contributed by atoms with E-state index in [1.807, 2.05) is 0 Å². The summed E-state index contributed by atoms with van der Waals surface area (Å²) in [4.78, 5) is 8.06. The second kappa shape index (κ2) is 7.07. The molecule has 4 heterocycles. The molecule has 3 aromatic heterocycles. The summed E-state index contributed by atoms with van der Waals surface area (Å²) >= 11 is 0. The fraction of sp³-hybridized carbons (Fsp3) is 0.300. The van der Waals surface area contributed by atoms with Crippen molar-refractivity contribution in [3.63, 3.8) is 0 Å². The minimum absolute atomic E-state index is 0.139. The number of rotatable bonds is 3. The lowest BCUT2D eigenvalue weighted by Crippen LogP contribution is -2.16. The Hall–Kier alpha value is -3.07. The van der Waals surface area contributed by atoms with Crippen LogP contribution in [0.4, 0.5) is 13.2 Å². The number of halogens is 3. The van der Waals surface area contributed by atoms with Gasteiger partial charge in [0.05, 0.1) is 11.7 Å². The molecule has 0 spiro atoms. The molecular formula is C20H16F3N5O. The fourth-order valence-electron chi connectivity index (χ4n) is 3.77. The predicted molar refractivity (Wildman–Crippen MR) is 99.2 cm³/mol. The van der Waals surface area contributed by atoms with Crippen LogP contribution in [0, 0.1) is 5.82 Å². The van der Waals surface area contributed by atoms with Gasteiger partial charge < -0.3 is 4.74 Å². The number of aromatic nitrogens is 5. The van der Waals surface area contributed by atoms with Crippen LogP contribution in [0.1, 0.15) is 36.6 Å². The van der Waals surface area contributed by atoms with Crippen molar-refractivity contribution in [1.29, 1.82) is 0 Å². The number of benzene rings is 1. The first-order chi connectivity index (χ1) is 14.1. The minimum Gasteiger partial charge on any atom is -0.381 e. The lowest BCUT2D eigenvalue weighted by atomic mass is 9.99. The van der Waals surface area contributed by atoms with Crippen molar-refractivity contribution in [2.45, 2.75) is 25.2 Å². The second-order valence-corrected chi connectivity index (χ2v) is 7.03. The lowest BCUT2D eigenvalue weighted by Gasteiger charge is -2.20. The maximum atomic E-state index is 14.9. The average molecular weight is 399 g/mol. The zero-order chi connectivity index (χ0) is 20.0. The molecular weight excluding hydrogens is 383 g/mol. The van der Waals surface area contributed by atoms with Gasteiger partial charge >= 0.3 is 0 Å². The van der Waals surface area contributed by atoms with E-state index in [-0.39, 0.29) is 17.0 Å². The highest BCUT2D eigenvalue weighted by atomic mass is 19.3. The van der Waals surface area contributed by atoms with Crippen molar-refractivity contribution in [2.24, 2.45) is 0 Å². The molecule has 6 nitrogen and oxygen atoms in total. The van der Waals surface area contributed by atoms with Crippen LogP contribution in [0.25, 0.3) is 27.8 Å². The van der Waals surface area contributed by atoms with Crippen molar-refractivity contribution in [3.8, 4) is 11.1 Å². The van der Waals surface area contributed by atoms with E-state index in [1.165, 1.54) is 24.5 Å². The Morgan fingerprint density at radius 2 is 1.83 bits per heavy atom. The molecule has 0 saturated carbocycles. The molecule has 29 heavy (non-hydrogen) atoms. The highest BCUT2D eigenvalue weighted by molar-refractivity contribution is 5.84. The van der Waals surface area contributed by atoms with Crippen LogP contribution >= 0.6 is 0 Å². The summed E-state index contributed by atoms with van der Waals surface area (Å²) in [6, 6.07) is 4.32. The third-order valence-electron chi connectivity index (χ3n) is 5.24. The van der Waals surface area contributed by atoms with Crippen LogP contribution < -0.4 is 0 Å². The van der Waals surface area contributed by atoms with Gasteiger partial charge in [0.2, 0.25) is 0 Å². The molecule has 0 atom stereocenters. The molecule has 1 fully saturated rings. The van der Waals surface area contributed by atoms with Gasteiger partial charge in [0.1, 0.15) is 11.3 Å². The summed E-state index contributed by atoms with van der Waals surface area (Å²) in [6.07, 6.45) is 2.97. The largest absolute Gasteiger partial charge is 0.381 e. The molecule has 0 amide bonds. The minimum atomic E-state index is -2.65. The van der Waals surface area contributed by atoms with Gasteiger partial charge in [0, 0.05) is 42.7 Å². The molecule has 1 saturated heterocycles. The molecule has 0 radical (unpaired) electrons. The Morgan fingerprint density at radius 1 is 1.00 bits per heavy atom. The van der Waals surface area contributed by atoms with Gasteiger partial charge in [-0.2, -0.15) is 0 Å². The van der Waals surface area contributed by atoms with Crippen LogP contribution in [0.2, 0.25) is 0 Å². The van der Waals surface area contributed by atoms with Crippen molar-refractivity contribution >= 4 is 16.7 Å². The zero-order valence-electron chi connectivity index (χ0n) is 15.2. The number of nitrogens with zero attached hydrogens (tertiary/aromatic N) is 5. The monoisotopic (exact) mass is 399 g/mol. The number of hydrogen-bond donors (Lipinski definition) is 0. The molecule has 1 aliphatic rings. The van der Waals surface area contributed by atoms with Gasteiger partial charge in [-0.1, -0.05) is 0 Å². The average Bonchev–Trinajstić information content (AvgIpc) is 3.19. The zero-order valence-corrected chi connectivity index (χ0v) is 15.2. The van der Waals surface area contributed by atoms with E-state index in [0.717, 1.165) is 24.9 Å². The van der Waals surface area contributed by atoms with Gasteiger partial charge in [-0.3, -0.25) is 9.38 Å². The first-order valence-electron chi connectivity index (χ1n) is 9.26. The molecule has 148 valence electrons. The van der Waals surface area contributed by atoms with Crippen molar-refractivity contribution in [3.05, 3.63) is 54.0 Å². The molecule has 0 N–H and O–H groups in total. The number of fused-ring (bicyclic) bond motifs is 3. The molecule has 0 aliphatic carbocycles. The Kier molecular flexibility index (Phi) is 4.39. The van der Waals surface area contributed by atoms with Gasteiger partial charge in [-0.25, -0.2) is 18.2 Å². The summed E-state index contributed by atoms with van der Waals surface area (Å²) in [5.74, 6) is 0.320. The molecule has 0 bridgehead atoms.